The first-order valence-corrected chi connectivity index (χ1v) is 12.1. The van der Waals surface area contributed by atoms with E-state index in [1.807, 2.05) is 30.3 Å². The zero-order chi connectivity index (χ0) is 24.1. The smallest absolute Gasteiger partial charge is 0.246 e. The fourth-order valence-corrected chi connectivity index (χ4v) is 5.11. The second-order valence-corrected chi connectivity index (χ2v) is 9.62. The summed E-state index contributed by atoms with van der Waals surface area (Å²) < 4.78 is 59.9. The third kappa shape index (κ3) is 5.58. The largest absolute Gasteiger partial charge is 0.455 e. The number of carbonyl (C=O) groups is 1. The molecule has 0 unspecified atom stereocenters. The van der Waals surface area contributed by atoms with E-state index in [1.165, 1.54) is 0 Å². The minimum absolute atomic E-state index is 0.0435. The summed E-state index contributed by atoms with van der Waals surface area (Å²) in [5, 5.41) is 2.83. The van der Waals surface area contributed by atoms with E-state index in [9.17, 15) is 22.0 Å². The molecule has 1 amide bonds. The van der Waals surface area contributed by atoms with Crippen LogP contribution in [0.2, 0.25) is 0 Å². The summed E-state index contributed by atoms with van der Waals surface area (Å²) >= 11 is 0. The van der Waals surface area contributed by atoms with Gasteiger partial charge in [0.25, 0.3) is 0 Å². The molecule has 34 heavy (non-hydrogen) atoms. The van der Waals surface area contributed by atoms with Gasteiger partial charge < -0.3 is 10.1 Å². The van der Waals surface area contributed by atoms with Crippen molar-refractivity contribution >= 4 is 21.6 Å². The molecule has 178 valence electrons. The van der Waals surface area contributed by atoms with Gasteiger partial charge in [0.15, 0.2) is 5.75 Å². The SMILES string of the molecule is O=C(CN1CCN(S(=O)(=O)c2cc(F)ccc2F)CC1)Nc1ccccc1Oc1ccccc1. The molecule has 7 nitrogen and oxygen atoms in total. The van der Waals surface area contributed by atoms with Gasteiger partial charge in [-0.05, 0) is 42.5 Å². The van der Waals surface area contributed by atoms with E-state index in [2.05, 4.69) is 5.32 Å². The Morgan fingerprint density at radius 3 is 2.32 bits per heavy atom. The number of rotatable bonds is 7. The van der Waals surface area contributed by atoms with Crippen LogP contribution in [0.1, 0.15) is 0 Å². The van der Waals surface area contributed by atoms with Crippen molar-refractivity contribution in [1.82, 2.24) is 9.21 Å². The number of para-hydroxylation sites is 3. The number of hydrogen-bond acceptors (Lipinski definition) is 5. The first-order valence-electron chi connectivity index (χ1n) is 10.6. The molecule has 3 aromatic rings. The summed E-state index contributed by atoms with van der Waals surface area (Å²) in [6, 6.07) is 18.6. The molecule has 0 radical (unpaired) electrons. The molecule has 0 spiro atoms. The third-order valence-electron chi connectivity index (χ3n) is 5.34. The van der Waals surface area contributed by atoms with Gasteiger partial charge in [-0.25, -0.2) is 17.2 Å². The highest BCUT2D eigenvalue weighted by Crippen LogP contribution is 2.29. The Hall–Kier alpha value is -3.34. The van der Waals surface area contributed by atoms with E-state index in [0.29, 0.717) is 23.3 Å². The summed E-state index contributed by atoms with van der Waals surface area (Å²) in [6.45, 7) is 0.692. The first kappa shape index (κ1) is 23.8. The van der Waals surface area contributed by atoms with Crippen LogP contribution in [0.25, 0.3) is 0 Å². The van der Waals surface area contributed by atoms with E-state index in [-0.39, 0.29) is 38.6 Å². The Morgan fingerprint density at radius 1 is 0.912 bits per heavy atom. The third-order valence-corrected chi connectivity index (χ3v) is 7.26. The van der Waals surface area contributed by atoms with Crippen LogP contribution in [0.3, 0.4) is 0 Å². The maximum absolute atomic E-state index is 14.0. The van der Waals surface area contributed by atoms with Crippen LogP contribution >= 0.6 is 0 Å². The van der Waals surface area contributed by atoms with Gasteiger partial charge in [-0.2, -0.15) is 4.31 Å². The summed E-state index contributed by atoms with van der Waals surface area (Å²) in [5.74, 6) is -0.977. The summed E-state index contributed by atoms with van der Waals surface area (Å²) in [6.07, 6.45) is 0. The molecular formula is C24H23F2N3O4S. The average Bonchev–Trinajstić information content (AvgIpc) is 2.83. The van der Waals surface area contributed by atoms with Crippen molar-refractivity contribution in [3.8, 4) is 11.5 Å². The van der Waals surface area contributed by atoms with Gasteiger partial charge in [-0.15, -0.1) is 0 Å². The minimum atomic E-state index is -4.18. The van der Waals surface area contributed by atoms with Crippen molar-refractivity contribution < 1.29 is 26.7 Å². The van der Waals surface area contributed by atoms with E-state index < -0.39 is 26.6 Å². The van der Waals surface area contributed by atoms with Gasteiger partial charge >= 0.3 is 0 Å². The molecule has 0 saturated carbocycles. The normalized spacial score (nSPS) is 15.1. The number of piperazine rings is 1. The van der Waals surface area contributed by atoms with Gasteiger partial charge in [0, 0.05) is 26.2 Å². The molecule has 1 N–H and O–H groups in total. The highest BCUT2D eigenvalue weighted by atomic mass is 32.2. The average molecular weight is 488 g/mol. The first-order chi connectivity index (χ1) is 16.3. The van der Waals surface area contributed by atoms with Crippen molar-refractivity contribution in [3.05, 3.63) is 84.4 Å². The monoisotopic (exact) mass is 487 g/mol. The fraction of sp³-hybridized carbons (Fsp3) is 0.208. The number of halogens is 2. The van der Waals surface area contributed by atoms with Crippen molar-refractivity contribution in [3.63, 3.8) is 0 Å². The standard InChI is InChI=1S/C24H23F2N3O4S/c25-18-10-11-20(26)23(16-18)34(31,32)29-14-12-28(13-15-29)17-24(30)27-21-8-4-5-9-22(21)33-19-6-2-1-3-7-19/h1-11,16H,12-15,17H2,(H,27,30). The zero-order valence-electron chi connectivity index (χ0n) is 18.2. The van der Waals surface area contributed by atoms with Crippen LogP contribution in [-0.4, -0.2) is 56.3 Å². The van der Waals surface area contributed by atoms with E-state index >= 15 is 0 Å². The highest BCUT2D eigenvalue weighted by Gasteiger charge is 2.31. The lowest BCUT2D eigenvalue weighted by Gasteiger charge is -2.33. The number of amides is 1. The molecule has 1 aliphatic heterocycles. The quantitative estimate of drug-likeness (QED) is 0.550. The number of anilines is 1. The lowest BCUT2D eigenvalue weighted by Crippen LogP contribution is -2.50. The number of hydrogen-bond donors (Lipinski definition) is 1. The molecule has 0 bridgehead atoms. The molecular weight excluding hydrogens is 464 g/mol. The van der Waals surface area contributed by atoms with E-state index in [1.54, 1.807) is 29.2 Å². The van der Waals surface area contributed by atoms with Crippen LogP contribution in [0.4, 0.5) is 14.5 Å². The Labute approximate surface area is 196 Å². The lowest BCUT2D eigenvalue weighted by molar-refractivity contribution is -0.117. The molecule has 0 aliphatic carbocycles. The number of ether oxygens (including phenoxy) is 1. The summed E-state index contributed by atoms with van der Waals surface area (Å²) in [5.41, 5.74) is 0.513. The fourth-order valence-electron chi connectivity index (χ4n) is 3.61. The second kappa shape index (κ2) is 10.3. The number of sulfonamides is 1. The number of nitrogens with one attached hydrogen (secondary N) is 1. The van der Waals surface area contributed by atoms with Gasteiger partial charge in [-0.1, -0.05) is 30.3 Å². The molecule has 10 heteroatoms. The predicted octanol–water partition coefficient (Wildman–Crippen LogP) is 3.70. The van der Waals surface area contributed by atoms with Crippen molar-refractivity contribution in [1.29, 1.82) is 0 Å². The lowest BCUT2D eigenvalue weighted by atomic mass is 10.2. The van der Waals surface area contributed by atoms with Crippen LogP contribution in [0.15, 0.2) is 77.7 Å². The van der Waals surface area contributed by atoms with Gasteiger partial charge in [0.05, 0.1) is 12.2 Å². The topological polar surface area (TPSA) is 79.0 Å². The van der Waals surface area contributed by atoms with Crippen molar-refractivity contribution in [2.24, 2.45) is 0 Å². The van der Waals surface area contributed by atoms with Gasteiger partial charge in [-0.3, -0.25) is 9.69 Å². The minimum Gasteiger partial charge on any atom is -0.455 e. The highest BCUT2D eigenvalue weighted by molar-refractivity contribution is 7.89. The maximum Gasteiger partial charge on any atom is 0.246 e. The summed E-state index contributed by atoms with van der Waals surface area (Å²) in [4.78, 5) is 13.7. The molecule has 0 atom stereocenters. The Bertz CT molecular complexity index is 1260. The molecule has 0 aromatic heterocycles. The molecule has 1 aliphatic rings. The predicted molar refractivity (Wildman–Crippen MR) is 123 cm³/mol. The zero-order valence-corrected chi connectivity index (χ0v) is 19.0. The van der Waals surface area contributed by atoms with Crippen molar-refractivity contribution in [2.45, 2.75) is 4.90 Å². The van der Waals surface area contributed by atoms with Crippen LogP contribution < -0.4 is 10.1 Å². The molecule has 3 aromatic carbocycles. The molecule has 1 heterocycles. The molecule has 1 fully saturated rings. The van der Waals surface area contributed by atoms with Crippen LogP contribution in [0, 0.1) is 11.6 Å². The Kier molecular flexibility index (Phi) is 7.20. The van der Waals surface area contributed by atoms with Gasteiger partial charge in [0.2, 0.25) is 15.9 Å². The number of carbonyl (C=O) groups excluding carboxylic acids is 1. The molecule has 4 rings (SSSR count). The Morgan fingerprint density at radius 2 is 1.59 bits per heavy atom. The van der Waals surface area contributed by atoms with Gasteiger partial charge in [0.1, 0.15) is 22.3 Å². The Balaban J connectivity index is 1.34. The van der Waals surface area contributed by atoms with E-state index in [0.717, 1.165) is 16.4 Å². The molecule has 1 saturated heterocycles. The summed E-state index contributed by atoms with van der Waals surface area (Å²) in [7, 11) is -4.18. The van der Waals surface area contributed by atoms with E-state index in [4.69, 9.17) is 4.74 Å². The van der Waals surface area contributed by atoms with Crippen molar-refractivity contribution in [2.75, 3.05) is 38.0 Å². The van der Waals surface area contributed by atoms with Crippen LogP contribution in [0.5, 0.6) is 11.5 Å². The second-order valence-electron chi connectivity index (χ2n) is 7.71. The maximum atomic E-state index is 14.0. The number of benzene rings is 3. The number of nitrogens with zero attached hydrogens (tertiary/aromatic N) is 2. The van der Waals surface area contributed by atoms with Crippen LogP contribution in [-0.2, 0) is 14.8 Å².